The van der Waals surface area contributed by atoms with E-state index in [-0.39, 0.29) is 0 Å². The van der Waals surface area contributed by atoms with E-state index in [1.807, 2.05) is 0 Å². The van der Waals surface area contributed by atoms with Gasteiger partial charge in [-0.05, 0) is 74.1 Å². The first-order chi connectivity index (χ1) is 8.84. The van der Waals surface area contributed by atoms with Gasteiger partial charge in [-0.25, -0.2) is 0 Å². The van der Waals surface area contributed by atoms with E-state index in [0.29, 0.717) is 0 Å². The molecule has 98 valence electrons. The molecule has 0 bridgehead atoms. The zero-order valence-electron chi connectivity index (χ0n) is 11.5. The van der Waals surface area contributed by atoms with Gasteiger partial charge in [0.15, 0.2) is 0 Å². The number of rotatable bonds is 2. The predicted molar refractivity (Wildman–Crippen MR) is 76.9 cm³/mol. The van der Waals surface area contributed by atoms with Crippen LogP contribution >= 0.6 is 0 Å². The van der Waals surface area contributed by atoms with Crippen molar-refractivity contribution < 1.29 is 0 Å². The van der Waals surface area contributed by atoms with Crippen molar-refractivity contribution in [2.45, 2.75) is 44.9 Å². The zero-order valence-corrected chi connectivity index (χ0v) is 11.5. The van der Waals surface area contributed by atoms with Crippen LogP contribution in [0.25, 0.3) is 0 Å². The molecule has 1 nitrogen and oxygen atoms in total. The summed E-state index contributed by atoms with van der Waals surface area (Å²) in [5, 5.41) is 3.52. The van der Waals surface area contributed by atoms with Crippen molar-refractivity contribution in [3.05, 3.63) is 35.4 Å². The molecule has 1 aliphatic heterocycles. The van der Waals surface area contributed by atoms with E-state index in [9.17, 15) is 0 Å². The molecule has 1 aliphatic carbocycles. The largest absolute Gasteiger partial charge is 0.316 e. The average Bonchev–Trinajstić information content (AvgIpc) is 2.42. The summed E-state index contributed by atoms with van der Waals surface area (Å²) in [5.74, 6) is 2.62. The molecule has 3 rings (SSSR count). The van der Waals surface area contributed by atoms with E-state index in [4.69, 9.17) is 0 Å². The molecular formula is C17H25N. The Morgan fingerprint density at radius 3 is 3.00 bits per heavy atom. The first-order valence-electron chi connectivity index (χ1n) is 7.63. The summed E-state index contributed by atoms with van der Waals surface area (Å²) in [6.07, 6.45) is 6.89. The fraction of sp³-hybridized carbons (Fsp3) is 0.647. The number of nitrogens with one attached hydrogen (secondary N) is 1. The Hall–Kier alpha value is -0.820. The standard InChI is InChI=1S/C17H25N/c1-13-12-18-10-9-15(13)11-16-7-4-6-14-5-2-3-8-17(14)16/h2-3,5,8,13,15-16,18H,4,6-7,9-12H2,1H3. The van der Waals surface area contributed by atoms with E-state index in [2.05, 4.69) is 36.5 Å². The summed E-state index contributed by atoms with van der Waals surface area (Å²) in [7, 11) is 0. The van der Waals surface area contributed by atoms with E-state index in [1.54, 1.807) is 11.1 Å². The van der Waals surface area contributed by atoms with Gasteiger partial charge in [0, 0.05) is 0 Å². The van der Waals surface area contributed by atoms with Crippen LogP contribution in [0, 0.1) is 11.8 Å². The number of piperidine rings is 1. The molecule has 1 aromatic carbocycles. The van der Waals surface area contributed by atoms with Crippen LogP contribution in [-0.4, -0.2) is 13.1 Å². The van der Waals surface area contributed by atoms with Crippen LogP contribution in [0.15, 0.2) is 24.3 Å². The molecule has 1 aromatic rings. The van der Waals surface area contributed by atoms with Crippen molar-refractivity contribution in [3.8, 4) is 0 Å². The highest BCUT2D eigenvalue weighted by Crippen LogP contribution is 2.38. The first kappa shape index (κ1) is 12.2. The van der Waals surface area contributed by atoms with Gasteiger partial charge in [-0.1, -0.05) is 31.2 Å². The number of benzene rings is 1. The highest BCUT2D eigenvalue weighted by atomic mass is 14.9. The number of fused-ring (bicyclic) bond motifs is 1. The van der Waals surface area contributed by atoms with Gasteiger partial charge in [0.25, 0.3) is 0 Å². The van der Waals surface area contributed by atoms with Gasteiger partial charge >= 0.3 is 0 Å². The number of hydrogen-bond acceptors (Lipinski definition) is 1. The van der Waals surface area contributed by atoms with Gasteiger partial charge in [0.05, 0.1) is 0 Å². The monoisotopic (exact) mass is 243 g/mol. The van der Waals surface area contributed by atoms with Crippen LogP contribution in [-0.2, 0) is 6.42 Å². The summed E-state index contributed by atoms with van der Waals surface area (Å²) in [4.78, 5) is 0. The molecule has 1 N–H and O–H groups in total. The fourth-order valence-electron chi connectivity index (χ4n) is 3.88. The summed E-state index contributed by atoms with van der Waals surface area (Å²) in [6.45, 7) is 4.87. The lowest BCUT2D eigenvalue weighted by atomic mass is 9.74. The van der Waals surface area contributed by atoms with Crippen molar-refractivity contribution >= 4 is 0 Å². The highest BCUT2D eigenvalue weighted by molar-refractivity contribution is 5.32. The van der Waals surface area contributed by atoms with Gasteiger partial charge in [-0.15, -0.1) is 0 Å². The Balaban J connectivity index is 1.73. The Morgan fingerprint density at radius 1 is 1.22 bits per heavy atom. The third-order valence-electron chi connectivity index (χ3n) is 5.04. The van der Waals surface area contributed by atoms with Gasteiger partial charge in [-0.3, -0.25) is 0 Å². The van der Waals surface area contributed by atoms with Gasteiger partial charge in [0.1, 0.15) is 0 Å². The third-order valence-corrected chi connectivity index (χ3v) is 5.04. The summed E-state index contributed by atoms with van der Waals surface area (Å²) in [6, 6.07) is 9.15. The van der Waals surface area contributed by atoms with Crippen molar-refractivity contribution in [2.75, 3.05) is 13.1 Å². The van der Waals surface area contributed by atoms with E-state index in [0.717, 1.165) is 17.8 Å². The Morgan fingerprint density at radius 2 is 2.11 bits per heavy atom. The SMILES string of the molecule is CC1CNCCC1CC1CCCc2ccccc21. The molecule has 0 aromatic heterocycles. The van der Waals surface area contributed by atoms with Crippen LogP contribution in [0.2, 0.25) is 0 Å². The van der Waals surface area contributed by atoms with Gasteiger partial charge in [0.2, 0.25) is 0 Å². The maximum Gasteiger partial charge on any atom is -0.00205 e. The predicted octanol–water partition coefficient (Wildman–Crippen LogP) is 3.74. The molecule has 0 saturated carbocycles. The van der Waals surface area contributed by atoms with E-state index >= 15 is 0 Å². The van der Waals surface area contributed by atoms with Gasteiger partial charge < -0.3 is 5.32 Å². The highest BCUT2D eigenvalue weighted by Gasteiger charge is 2.27. The maximum atomic E-state index is 3.52. The van der Waals surface area contributed by atoms with Crippen molar-refractivity contribution in [2.24, 2.45) is 11.8 Å². The summed E-state index contributed by atoms with van der Waals surface area (Å²) in [5.41, 5.74) is 3.28. The molecular weight excluding hydrogens is 218 g/mol. The Labute approximate surface area is 111 Å². The van der Waals surface area contributed by atoms with Crippen LogP contribution < -0.4 is 5.32 Å². The molecule has 3 atom stereocenters. The number of hydrogen-bond donors (Lipinski definition) is 1. The maximum absolute atomic E-state index is 3.52. The minimum absolute atomic E-state index is 0.834. The molecule has 1 fully saturated rings. The Bertz CT molecular complexity index is 398. The minimum atomic E-state index is 0.834. The van der Waals surface area contributed by atoms with E-state index in [1.165, 1.54) is 45.2 Å². The fourth-order valence-corrected chi connectivity index (χ4v) is 3.88. The molecule has 0 radical (unpaired) electrons. The number of aryl methyl sites for hydroxylation is 1. The summed E-state index contributed by atoms with van der Waals surface area (Å²) >= 11 is 0. The topological polar surface area (TPSA) is 12.0 Å². The smallest absolute Gasteiger partial charge is 0.00205 e. The lowest BCUT2D eigenvalue weighted by Crippen LogP contribution is -2.35. The second-order valence-corrected chi connectivity index (χ2v) is 6.25. The van der Waals surface area contributed by atoms with Crippen LogP contribution in [0.5, 0.6) is 0 Å². The van der Waals surface area contributed by atoms with Crippen LogP contribution in [0.4, 0.5) is 0 Å². The normalized spacial score (nSPS) is 31.9. The second-order valence-electron chi connectivity index (χ2n) is 6.25. The second kappa shape index (κ2) is 5.44. The van der Waals surface area contributed by atoms with Crippen molar-refractivity contribution in [1.82, 2.24) is 5.32 Å². The molecule has 1 heteroatoms. The first-order valence-corrected chi connectivity index (χ1v) is 7.63. The Kier molecular flexibility index (Phi) is 3.69. The zero-order chi connectivity index (χ0) is 12.4. The van der Waals surface area contributed by atoms with Gasteiger partial charge in [-0.2, -0.15) is 0 Å². The van der Waals surface area contributed by atoms with Crippen LogP contribution in [0.1, 0.15) is 49.7 Å². The van der Waals surface area contributed by atoms with Crippen LogP contribution in [0.3, 0.4) is 0 Å². The summed E-state index contributed by atoms with van der Waals surface area (Å²) < 4.78 is 0. The third kappa shape index (κ3) is 2.47. The molecule has 0 amide bonds. The molecule has 1 heterocycles. The van der Waals surface area contributed by atoms with Crippen molar-refractivity contribution in [1.29, 1.82) is 0 Å². The minimum Gasteiger partial charge on any atom is -0.316 e. The quantitative estimate of drug-likeness (QED) is 0.834. The lowest BCUT2D eigenvalue weighted by Gasteiger charge is -2.34. The van der Waals surface area contributed by atoms with E-state index < -0.39 is 0 Å². The lowest BCUT2D eigenvalue weighted by molar-refractivity contribution is 0.238. The molecule has 3 unspecified atom stereocenters. The molecule has 1 saturated heterocycles. The molecule has 18 heavy (non-hydrogen) atoms. The molecule has 2 aliphatic rings. The average molecular weight is 243 g/mol. The molecule has 0 spiro atoms. The van der Waals surface area contributed by atoms with Crippen molar-refractivity contribution in [3.63, 3.8) is 0 Å².